The first-order valence-electron chi connectivity index (χ1n) is 5.87. The number of rotatable bonds is 5. The van der Waals surface area contributed by atoms with Crippen LogP contribution in [0.25, 0.3) is 0 Å². The van der Waals surface area contributed by atoms with Crippen LogP contribution in [0.15, 0.2) is 24.4 Å². The summed E-state index contributed by atoms with van der Waals surface area (Å²) in [6.07, 6.45) is 1.46. The Bertz CT molecular complexity index is 626. The van der Waals surface area contributed by atoms with Gasteiger partial charge in [0.2, 0.25) is 17.7 Å². The summed E-state index contributed by atoms with van der Waals surface area (Å²) >= 11 is 0. The van der Waals surface area contributed by atoms with Crippen molar-refractivity contribution in [1.29, 1.82) is 0 Å². The Labute approximate surface area is 120 Å². The van der Waals surface area contributed by atoms with Gasteiger partial charge in [-0.05, 0) is 12.1 Å². The van der Waals surface area contributed by atoms with E-state index in [1.54, 1.807) is 6.07 Å². The van der Waals surface area contributed by atoms with Gasteiger partial charge in [0.15, 0.2) is 0 Å². The molecule has 110 valence electrons. The molecule has 9 nitrogen and oxygen atoms in total. The summed E-state index contributed by atoms with van der Waals surface area (Å²) in [6, 6.07) is 4.61. The minimum absolute atomic E-state index is 0.0455. The number of amides is 1. The zero-order valence-electron chi connectivity index (χ0n) is 11.5. The van der Waals surface area contributed by atoms with Gasteiger partial charge in [0.25, 0.3) is 5.91 Å². The van der Waals surface area contributed by atoms with E-state index in [-0.39, 0.29) is 23.4 Å². The molecule has 0 spiro atoms. The summed E-state index contributed by atoms with van der Waals surface area (Å²) in [5.41, 5.74) is 3.15. The molecule has 21 heavy (non-hydrogen) atoms. The van der Waals surface area contributed by atoms with Gasteiger partial charge in [-0.25, -0.2) is 0 Å². The van der Waals surface area contributed by atoms with E-state index in [0.717, 1.165) is 0 Å². The summed E-state index contributed by atoms with van der Waals surface area (Å²) < 4.78 is 9.99. The number of carbonyl (C=O) groups excluding carboxylic acids is 1. The Kier molecular flexibility index (Phi) is 4.46. The average Bonchev–Trinajstić information content (AvgIpc) is 2.54. The molecule has 0 saturated heterocycles. The van der Waals surface area contributed by atoms with E-state index in [9.17, 15) is 4.79 Å². The second-order valence-electron chi connectivity index (χ2n) is 3.80. The summed E-state index contributed by atoms with van der Waals surface area (Å²) in [7, 11) is 2.90. The third-order valence-electron chi connectivity index (χ3n) is 2.48. The molecule has 0 bridgehead atoms. The second-order valence-corrected chi connectivity index (χ2v) is 3.80. The third kappa shape index (κ3) is 3.54. The van der Waals surface area contributed by atoms with Gasteiger partial charge < -0.3 is 14.9 Å². The number of nitrogens with one attached hydrogen (secondary N) is 2. The number of pyridine rings is 1. The van der Waals surface area contributed by atoms with Crippen molar-refractivity contribution in [2.24, 2.45) is 5.84 Å². The third-order valence-corrected chi connectivity index (χ3v) is 2.48. The molecule has 2 aromatic heterocycles. The van der Waals surface area contributed by atoms with Gasteiger partial charge >= 0.3 is 0 Å². The van der Waals surface area contributed by atoms with E-state index >= 15 is 0 Å². The smallest absolute Gasteiger partial charge is 0.276 e. The van der Waals surface area contributed by atoms with Gasteiger partial charge in [-0.2, -0.15) is 9.97 Å². The van der Waals surface area contributed by atoms with Crippen molar-refractivity contribution in [3.05, 3.63) is 30.1 Å². The molecule has 2 heterocycles. The van der Waals surface area contributed by atoms with Crippen LogP contribution in [0.3, 0.4) is 0 Å². The van der Waals surface area contributed by atoms with E-state index in [1.807, 2.05) is 0 Å². The molecular formula is C12H14N6O3. The second kappa shape index (κ2) is 6.48. The molecule has 0 fully saturated rings. The first-order valence-corrected chi connectivity index (χ1v) is 5.87. The standard InChI is InChI=1S/C12H14N6O3/c1-20-9-6-10(21-2)16-12(15-9)17-11(19)8-5-7(18-13)3-4-14-8/h3-6H,13H2,1-2H3,(H,14,18)(H,15,16,17,19). The number of nitrogens with two attached hydrogens (primary N) is 1. The minimum Gasteiger partial charge on any atom is -0.481 e. The first-order chi connectivity index (χ1) is 10.2. The van der Waals surface area contributed by atoms with Crippen LogP contribution in [0.2, 0.25) is 0 Å². The minimum atomic E-state index is -0.484. The molecule has 0 aliphatic carbocycles. The van der Waals surface area contributed by atoms with Crippen LogP contribution in [-0.4, -0.2) is 35.1 Å². The topological polar surface area (TPSA) is 124 Å². The first kappa shape index (κ1) is 14.5. The molecule has 0 aliphatic rings. The number of hydrogen-bond donors (Lipinski definition) is 3. The lowest BCUT2D eigenvalue weighted by Crippen LogP contribution is -2.17. The van der Waals surface area contributed by atoms with Crippen LogP contribution in [0, 0.1) is 0 Å². The van der Waals surface area contributed by atoms with Gasteiger partial charge in [-0.15, -0.1) is 0 Å². The lowest BCUT2D eigenvalue weighted by molar-refractivity contribution is 0.102. The Morgan fingerprint density at radius 1 is 1.19 bits per heavy atom. The van der Waals surface area contributed by atoms with Crippen LogP contribution >= 0.6 is 0 Å². The zero-order chi connectivity index (χ0) is 15.2. The van der Waals surface area contributed by atoms with E-state index < -0.39 is 5.91 Å². The molecule has 0 atom stereocenters. The Morgan fingerprint density at radius 2 is 1.86 bits per heavy atom. The van der Waals surface area contributed by atoms with Gasteiger partial charge in [0.1, 0.15) is 5.69 Å². The Balaban J connectivity index is 2.22. The predicted octanol–water partition coefficient (Wildman–Crippen LogP) is 0.427. The van der Waals surface area contributed by atoms with Gasteiger partial charge in [0.05, 0.1) is 26.0 Å². The van der Waals surface area contributed by atoms with Crippen LogP contribution in [0.4, 0.5) is 11.6 Å². The molecule has 0 saturated carbocycles. The molecule has 0 aromatic carbocycles. The highest BCUT2D eigenvalue weighted by Crippen LogP contribution is 2.17. The maximum atomic E-state index is 12.1. The molecule has 1 amide bonds. The number of hydrogen-bond acceptors (Lipinski definition) is 8. The highest BCUT2D eigenvalue weighted by atomic mass is 16.5. The molecule has 2 rings (SSSR count). The van der Waals surface area contributed by atoms with Crippen molar-refractivity contribution >= 4 is 17.5 Å². The fourth-order valence-corrected chi connectivity index (χ4v) is 1.48. The summed E-state index contributed by atoms with van der Waals surface area (Å²) in [4.78, 5) is 24.0. The van der Waals surface area contributed by atoms with E-state index in [4.69, 9.17) is 15.3 Å². The lowest BCUT2D eigenvalue weighted by Gasteiger charge is -2.07. The van der Waals surface area contributed by atoms with Crippen LogP contribution < -0.4 is 26.1 Å². The quantitative estimate of drug-likeness (QED) is 0.534. The SMILES string of the molecule is COc1cc(OC)nc(NC(=O)c2cc(NN)ccn2)n1. The monoisotopic (exact) mass is 290 g/mol. The maximum absolute atomic E-state index is 12.1. The fourth-order valence-electron chi connectivity index (χ4n) is 1.48. The van der Waals surface area contributed by atoms with Crippen LogP contribution in [0.1, 0.15) is 10.5 Å². The van der Waals surface area contributed by atoms with Crippen molar-refractivity contribution < 1.29 is 14.3 Å². The Hall–Kier alpha value is -2.94. The molecule has 0 aliphatic heterocycles. The number of hydrazine groups is 1. The number of carbonyl (C=O) groups is 1. The van der Waals surface area contributed by atoms with Crippen molar-refractivity contribution in [2.75, 3.05) is 25.0 Å². The average molecular weight is 290 g/mol. The molecule has 2 aromatic rings. The number of anilines is 2. The number of methoxy groups -OCH3 is 2. The summed E-state index contributed by atoms with van der Waals surface area (Å²) in [5.74, 6) is 5.37. The van der Waals surface area contributed by atoms with Crippen molar-refractivity contribution in [3.63, 3.8) is 0 Å². The number of nitrogens with zero attached hydrogens (tertiary/aromatic N) is 3. The molecule has 9 heteroatoms. The van der Waals surface area contributed by atoms with Crippen molar-refractivity contribution in [3.8, 4) is 11.8 Å². The van der Waals surface area contributed by atoms with Crippen molar-refractivity contribution in [2.45, 2.75) is 0 Å². The lowest BCUT2D eigenvalue weighted by atomic mass is 10.3. The summed E-state index contributed by atoms with van der Waals surface area (Å²) in [6.45, 7) is 0. The van der Waals surface area contributed by atoms with E-state index in [2.05, 4.69) is 25.7 Å². The molecule has 4 N–H and O–H groups in total. The van der Waals surface area contributed by atoms with Gasteiger partial charge in [-0.1, -0.05) is 0 Å². The normalized spacial score (nSPS) is 9.86. The highest BCUT2D eigenvalue weighted by Gasteiger charge is 2.12. The van der Waals surface area contributed by atoms with E-state index in [1.165, 1.54) is 32.5 Å². The maximum Gasteiger partial charge on any atom is 0.276 e. The number of nitrogen functional groups attached to an aromatic ring is 1. The highest BCUT2D eigenvalue weighted by molar-refractivity contribution is 6.02. The number of ether oxygens (including phenoxy) is 2. The van der Waals surface area contributed by atoms with Gasteiger partial charge in [-0.3, -0.25) is 20.9 Å². The van der Waals surface area contributed by atoms with Crippen LogP contribution in [0.5, 0.6) is 11.8 Å². The molecule has 0 radical (unpaired) electrons. The molecular weight excluding hydrogens is 276 g/mol. The predicted molar refractivity (Wildman–Crippen MR) is 75.1 cm³/mol. The summed E-state index contributed by atoms with van der Waals surface area (Å²) in [5, 5.41) is 2.51. The van der Waals surface area contributed by atoms with E-state index in [0.29, 0.717) is 5.69 Å². The molecule has 0 unspecified atom stereocenters. The van der Waals surface area contributed by atoms with Crippen molar-refractivity contribution in [1.82, 2.24) is 15.0 Å². The Morgan fingerprint density at radius 3 is 2.43 bits per heavy atom. The number of aromatic nitrogens is 3. The largest absolute Gasteiger partial charge is 0.481 e. The van der Waals surface area contributed by atoms with Gasteiger partial charge in [0, 0.05) is 6.20 Å². The zero-order valence-corrected chi connectivity index (χ0v) is 11.5. The van der Waals surface area contributed by atoms with Crippen LogP contribution in [-0.2, 0) is 0 Å². The fraction of sp³-hybridized carbons (Fsp3) is 0.167.